The predicted molar refractivity (Wildman–Crippen MR) is 104 cm³/mol. The number of carbonyl (C=O) groups is 1. The Morgan fingerprint density at radius 1 is 1.19 bits per heavy atom. The minimum Gasteiger partial charge on any atom is -0.492 e. The summed E-state index contributed by atoms with van der Waals surface area (Å²) in [5.41, 5.74) is 1.80. The summed E-state index contributed by atoms with van der Waals surface area (Å²) in [6, 6.07) is 17.3. The van der Waals surface area contributed by atoms with Gasteiger partial charge in [0.25, 0.3) is 0 Å². The van der Waals surface area contributed by atoms with Gasteiger partial charge in [-0.25, -0.2) is 0 Å². The van der Waals surface area contributed by atoms with Crippen LogP contribution in [0.3, 0.4) is 0 Å². The number of nitrogens with one attached hydrogen (secondary N) is 1. The lowest BCUT2D eigenvalue weighted by Gasteiger charge is -2.14. The van der Waals surface area contributed by atoms with E-state index in [4.69, 9.17) is 4.74 Å². The van der Waals surface area contributed by atoms with Gasteiger partial charge in [-0.3, -0.25) is 4.79 Å². The highest BCUT2D eigenvalue weighted by atomic mass is 32.2. The Morgan fingerprint density at radius 3 is 2.70 bits per heavy atom. The van der Waals surface area contributed by atoms with E-state index in [-0.39, 0.29) is 17.7 Å². The predicted octanol–water partition coefficient (Wildman–Crippen LogP) is 3.03. The standard InChI is InChI=1S/C19H21N5O2S/c1-3-26-17-12-8-7-11-16(17)24-19(21-22-23-24)27-13-18(25)20-14(2)15-9-5-4-6-10-15/h4-12,14H,3,13H2,1-2H3,(H,20,25)/t14-/m1/s1. The van der Waals surface area contributed by atoms with Crippen molar-refractivity contribution in [1.29, 1.82) is 0 Å². The molecule has 1 N–H and O–H groups in total. The molecule has 1 atom stereocenters. The number of rotatable bonds is 8. The van der Waals surface area contributed by atoms with Gasteiger partial charge in [-0.2, -0.15) is 4.68 Å². The zero-order valence-electron chi connectivity index (χ0n) is 15.2. The highest BCUT2D eigenvalue weighted by molar-refractivity contribution is 7.99. The molecular formula is C19H21N5O2S. The van der Waals surface area contributed by atoms with Gasteiger partial charge in [-0.15, -0.1) is 5.10 Å². The van der Waals surface area contributed by atoms with Gasteiger partial charge in [-0.1, -0.05) is 54.2 Å². The number of tetrazole rings is 1. The third kappa shape index (κ3) is 4.85. The first-order chi connectivity index (χ1) is 13.2. The van der Waals surface area contributed by atoms with E-state index < -0.39 is 0 Å². The van der Waals surface area contributed by atoms with Gasteiger partial charge in [0.1, 0.15) is 11.4 Å². The molecule has 1 heterocycles. The zero-order chi connectivity index (χ0) is 19.1. The third-order valence-electron chi connectivity index (χ3n) is 3.84. The molecule has 0 radical (unpaired) electrons. The summed E-state index contributed by atoms with van der Waals surface area (Å²) in [5, 5.41) is 15.3. The molecule has 0 saturated carbocycles. The van der Waals surface area contributed by atoms with Crippen LogP contribution >= 0.6 is 11.8 Å². The summed E-state index contributed by atoms with van der Waals surface area (Å²) in [7, 11) is 0. The minimum absolute atomic E-state index is 0.0611. The summed E-state index contributed by atoms with van der Waals surface area (Å²) in [4.78, 5) is 12.3. The van der Waals surface area contributed by atoms with E-state index in [9.17, 15) is 4.79 Å². The van der Waals surface area contributed by atoms with Crippen LogP contribution < -0.4 is 10.1 Å². The van der Waals surface area contributed by atoms with Gasteiger partial charge < -0.3 is 10.1 Å². The van der Waals surface area contributed by atoms with Crippen molar-refractivity contribution in [2.45, 2.75) is 25.0 Å². The Kier molecular flexibility index (Phi) is 6.43. The number of hydrogen-bond donors (Lipinski definition) is 1. The average Bonchev–Trinajstić information content (AvgIpc) is 3.16. The van der Waals surface area contributed by atoms with E-state index in [1.165, 1.54) is 11.8 Å². The maximum atomic E-state index is 12.3. The fraction of sp³-hybridized carbons (Fsp3) is 0.263. The Hall–Kier alpha value is -2.87. The molecule has 3 rings (SSSR count). The number of amides is 1. The van der Waals surface area contributed by atoms with Gasteiger partial charge in [0.15, 0.2) is 0 Å². The van der Waals surface area contributed by atoms with E-state index in [0.29, 0.717) is 17.5 Å². The average molecular weight is 383 g/mol. The highest BCUT2D eigenvalue weighted by Gasteiger charge is 2.16. The molecule has 27 heavy (non-hydrogen) atoms. The minimum atomic E-state index is -0.0796. The second-order valence-corrected chi connectivity index (χ2v) is 6.71. The summed E-state index contributed by atoms with van der Waals surface area (Å²) in [6.45, 7) is 4.42. The molecule has 0 fully saturated rings. The number of hydrogen-bond acceptors (Lipinski definition) is 6. The Morgan fingerprint density at radius 2 is 1.93 bits per heavy atom. The highest BCUT2D eigenvalue weighted by Crippen LogP contribution is 2.26. The number of benzene rings is 2. The molecule has 0 saturated heterocycles. The van der Waals surface area contributed by atoms with Crippen LogP contribution in [0.25, 0.3) is 5.69 Å². The normalized spacial score (nSPS) is 11.8. The van der Waals surface area contributed by atoms with Crippen LogP contribution in [-0.4, -0.2) is 38.5 Å². The number of para-hydroxylation sites is 2. The zero-order valence-corrected chi connectivity index (χ0v) is 16.0. The first kappa shape index (κ1) is 18.9. The van der Waals surface area contributed by atoms with Crippen molar-refractivity contribution < 1.29 is 9.53 Å². The van der Waals surface area contributed by atoms with Crippen molar-refractivity contribution in [2.75, 3.05) is 12.4 Å². The number of thioether (sulfide) groups is 1. The van der Waals surface area contributed by atoms with Crippen molar-refractivity contribution in [3.8, 4) is 11.4 Å². The van der Waals surface area contributed by atoms with E-state index in [1.54, 1.807) is 4.68 Å². The molecule has 7 nitrogen and oxygen atoms in total. The summed E-state index contributed by atoms with van der Waals surface area (Å²) < 4.78 is 7.22. The van der Waals surface area contributed by atoms with E-state index in [1.807, 2.05) is 68.4 Å². The maximum Gasteiger partial charge on any atom is 0.230 e. The third-order valence-corrected chi connectivity index (χ3v) is 4.76. The van der Waals surface area contributed by atoms with E-state index in [0.717, 1.165) is 11.3 Å². The number of ether oxygens (including phenoxy) is 1. The summed E-state index contributed by atoms with van der Waals surface area (Å²) in [5.74, 6) is 0.828. The molecule has 3 aromatic rings. The lowest BCUT2D eigenvalue weighted by Crippen LogP contribution is -2.28. The SMILES string of the molecule is CCOc1ccccc1-n1nnnc1SCC(=O)N[C@H](C)c1ccccc1. The number of nitrogens with zero attached hydrogens (tertiary/aromatic N) is 4. The van der Waals surface area contributed by atoms with Crippen LogP contribution in [0.15, 0.2) is 59.8 Å². The smallest absolute Gasteiger partial charge is 0.230 e. The molecule has 140 valence electrons. The van der Waals surface area contributed by atoms with Crippen molar-refractivity contribution in [2.24, 2.45) is 0 Å². The summed E-state index contributed by atoms with van der Waals surface area (Å²) >= 11 is 1.28. The molecule has 1 amide bonds. The molecule has 0 bridgehead atoms. The molecule has 0 aliphatic carbocycles. The van der Waals surface area contributed by atoms with Crippen molar-refractivity contribution in [3.63, 3.8) is 0 Å². The first-order valence-electron chi connectivity index (χ1n) is 8.66. The van der Waals surface area contributed by atoms with Gasteiger partial charge in [-0.05, 0) is 42.0 Å². The maximum absolute atomic E-state index is 12.3. The quantitative estimate of drug-likeness (QED) is 0.602. The number of aromatic nitrogens is 4. The lowest BCUT2D eigenvalue weighted by atomic mass is 10.1. The van der Waals surface area contributed by atoms with Crippen LogP contribution in [0.1, 0.15) is 25.5 Å². The molecule has 0 unspecified atom stereocenters. The molecule has 0 aliphatic heterocycles. The Labute approximate surface area is 162 Å². The van der Waals surface area contributed by atoms with E-state index >= 15 is 0 Å². The van der Waals surface area contributed by atoms with Crippen LogP contribution in [0, 0.1) is 0 Å². The monoisotopic (exact) mass is 383 g/mol. The topological polar surface area (TPSA) is 81.9 Å². The molecule has 0 spiro atoms. The molecule has 2 aromatic carbocycles. The van der Waals surface area contributed by atoms with Crippen molar-refractivity contribution >= 4 is 17.7 Å². The largest absolute Gasteiger partial charge is 0.492 e. The van der Waals surface area contributed by atoms with Crippen molar-refractivity contribution in [1.82, 2.24) is 25.5 Å². The van der Waals surface area contributed by atoms with Crippen LogP contribution in [0.2, 0.25) is 0 Å². The Bertz CT molecular complexity index is 885. The van der Waals surface area contributed by atoms with Crippen LogP contribution in [-0.2, 0) is 4.79 Å². The van der Waals surface area contributed by atoms with Crippen molar-refractivity contribution in [3.05, 3.63) is 60.2 Å². The number of carbonyl (C=O) groups excluding carboxylic acids is 1. The molecule has 1 aromatic heterocycles. The molecule has 0 aliphatic rings. The lowest BCUT2D eigenvalue weighted by molar-refractivity contribution is -0.119. The van der Waals surface area contributed by atoms with Gasteiger partial charge in [0.2, 0.25) is 11.1 Å². The summed E-state index contributed by atoms with van der Waals surface area (Å²) in [6.07, 6.45) is 0. The van der Waals surface area contributed by atoms with Gasteiger partial charge in [0.05, 0.1) is 18.4 Å². The van der Waals surface area contributed by atoms with Crippen LogP contribution in [0.5, 0.6) is 5.75 Å². The van der Waals surface area contributed by atoms with Gasteiger partial charge in [0, 0.05) is 0 Å². The van der Waals surface area contributed by atoms with Gasteiger partial charge >= 0.3 is 0 Å². The fourth-order valence-electron chi connectivity index (χ4n) is 2.57. The second-order valence-electron chi connectivity index (χ2n) is 5.76. The fourth-order valence-corrected chi connectivity index (χ4v) is 3.26. The molecular weight excluding hydrogens is 362 g/mol. The second kappa shape index (κ2) is 9.18. The van der Waals surface area contributed by atoms with E-state index in [2.05, 4.69) is 20.8 Å². The Balaban J connectivity index is 1.65. The first-order valence-corrected chi connectivity index (χ1v) is 9.65. The van der Waals surface area contributed by atoms with Crippen LogP contribution in [0.4, 0.5) is 0 Å². The molecule has 8 heteroatoms.